The Kier molecular flexibility index (Phi) is 3.91. The first-order valence-electron chi connectivity index (χ1n) is 5.63. The predicted molar refractivity (Wildman–Crippen MR) is 62.9 cm³/mol. The molecule has 84 valence electrons. The van der Waals surface area contributed by atoms with Gasteiger partial charge in [-0.25, -0.2) is 0 Å². The topological polar surface area (TPSA) is 63.8 Å². The summed E-state index contributed by atoms with van der Waals surface area (Å²) in [5, 5.41) is 12.1. The molecule has 0 saturated heterocycles. The molecule has 1 fully saturated rings. The van der Waals surface area contributed by atoms with Crippen LogP contribution < -0.4 is 11.1 Å². The van der Waals surface area contributed by atoms with E-state index in [1.54, 1.807) is 16.8 Å². The molecule has 0 aromatic carbocycles. The third-order valence-corrected chi connectivity index (χ3v) is 3.76. The molecule has 4 nitrogen and oxygen atoms in total. The van der Waals surface area contributed by atoms with Crippen LogP contribution in [0, 0.1) is 5.92 Å². The van der Waals surface area contributed by atoms with E-state index in [1.807, 2.05) is 0 Å². The molecule has 0 bridgehead atoms. The van der Waals surface area contributed by atoms with Gasteiger partial charge in [0.05, 0.1) is 0 Å². The fourth-order valence-corrected chi connectivity index (χ4v) is 2.81. The predicted octanol–water partition coefficient (Wildman–Crippen LogP) is 1.86. The Morgan fingerprint density at radius 1 is 1.47 bits per heavy atom. The summed E-state index contributed by atoms with van der Waals surface area (Å²) in [6.45, 7) is 0.685. The zero-order valence-corrected chi connectivity index (χ0v) is 9.67. The van der Waals surface area contributed by atoms with E-state index in [9.17, 15) is 0 Å². The number of aromatic nitrogens is 2. The van der Waals surface area contributed by atoms with E-state index < -0.39 is 0 Å². The molecule has 5 heteroatoms. The molecule has 15 heavy (non-hydrogen) atoms. The Morgan fingerprint density at radius 2 is 2.27 bits per heavy atom. The van der Waals surface area contributed by atoms with E-state index in [-0.39, 0.29) is 0 Å². The monoisotopic (exact) mass is 226 g/mol. The lowest BCUT2D eigenvalue weighted by molar-refractivity contribution is 0.320. The molecule has 1 atom stereocenters. The highest BCUT2D eigenvalue weighted by atomic mass is 32.1. The van der Waals surface area contributed by atoms with Gasteiger partial charge < -0.3 is 11.1 Å². The summed E-state index contributed by atoms with van der Waals surface area (Å²) in [5.74, 6) is 0.715. The summed E-state index contributed by atoms with van der Waals surface area (Å²) in [5.41, 5.74) is 7.56. The fraction of sp³-hybridized carbons (Fsp3) is 0.800. The molecule has 1 aliphatic carbocycles. The van der Waals surface area contributed by atoms with Crippen molar-refractivity contribution in [3.05, 3.63) is 5.51 Å². The lowest BCUT2D eigenvalue weighted by Gasteiger charge is -2.29. The number of nitrogens with two attached hydrogens (primary N) is 1. The first-order valence-corrected chi connectivity index (χ1v) is 6.51. The molecule has 0 aliphatic heterocycles. The normalized spacial score (nSPS) is 20.1. The van der Waals surface area contributed by atoms with Crippen molar-refractivity contribution in [2.75, 3.05) is 11.9 Å². The fourth-order valence-electron chi connectivity index (χ4n) is 2.30. The standard InChI is InChI=1S/C10H18N4S/c11-6-9(8-4-2-1-3-5-8)13-10-14-12-7-15-10/h7-9H,1-6,11H2,(H,13,14). The second kappa shape index (κ2) is 5.42. The minimum absolute atomic E-state index is 0.373. The maximum Gasteiger partial charge on any atom is 0.205 e. The van der Waals surface area contributed by atoms with E-state index in [0.29, 0.717) is 18.5 Å². The number of hydrogen-bond donors (Lipinski definition) is 2. The van der Waals surface area contributed by atoms with Gasteiger partial charge in [0.25, 0.3) is 0 Å². The number of hydrogen-bond acceptors (Lipinski definition) is 5. The van der Waals surface area contributed by atoms with Gasteiger partial charge in [-0.2, -0.15) is 0 Å². The molecule has 1 saturated carbocycles. The van der Waals surface area contributed by atoms with Crippen LogP contribution in [0.3, 0.4) is 0 Å². The molecule has 0 spiro atoms. The van der Waals surface area contributed by atoms with Crippen LogP contribution in [0.5, 0.6) is 0 Å². The summed E-state index contributed by atoms with van der Waals surface area (Å²) < 4.78 is 0. The van der Waals surface area contributed by atoms with E-state index in [4.69, 9.17) is 5.73 Å². The van der Waals surface area contributed by atoms with Crippen LogP contribution in [-0.2, 0) is 0 Å². The lowest BCUT2D eigenvalue weighted by atomic mass is 9.84. The van der Waals surface area contributed by atoms with Crippen LogP contribution in [0.2, 0.25) is 0 Å². The van der Waals surface area contributed by atoms with Gasteiger partial charge >= 0.3 is 0 Å². The van der Waals surface area contributed by atoms with Crippen LogP contribution in [0.25, 0.3) is 0 Å². The van der Waals surface area contributed by atoms with Crippen LogP contribution in [0.1, 0.15) is 32.1 Å². The smallest absolute Gasteiger partial charge is 0.205 e. The molecular formula is C10H18N4S. The third-order valence-electron chi connectivity index (χ3n) is 3.14. The summed E-state index contributed by atoms with van der Waals surface area (Å²) in [6, 6.07) is 0.373. The first kappa shape index (κ1) is 10.8. The number of nitrogens with zero attached hydrogens (tertiary/aromatic N) is 2. The van der Waals surface area contributed by atoms with Gasteiger partial charge in [-0.3, -0.25) is 0 Å². The number of rotatable bonds is 4. The molecule has 1 heterocycles. The van der Waals surface area contributed by atoms with Gasteiger partial charge in [0.15, 0.2) is 0 Å². The molecule has 1 aliphatic rings. The van der Waals surface area contributed by atoms with Crippen LogP contribution in [0.4, 0.5) is 5.13 Å². The zero-order chi connectivity index (χ0) is 10.5. The van der Waals surface area contributed by atoms with E-state index in [0.717, 1.165) is 5.13 Å². The van der Waals surface area contributed by atoms with Crippen molar-refractivity contribution in [2.45, 2.75) is 38.1 Å². The Hall–Kier alpha value is -0.680. The van der Waals surface area contributed by atoms with Crippen LogP contribution in [0.15, 0.2) is 5.51 Å². The molecule has 1 aromatic rings. The second-order valence-corrected chi connectivity index (χ2v) is 4.96. The Balaban J connectivity index is 1.91. The van der Waals surface area contributed by atoms with Crippen LogP contribution >= 0.6 is 11.3 Å². The molecule has 1 aromatic heterocycles. The van der Waals surface area contributed by atoms with Gasteiger partial charge in [0, 0.05) is 12.6 Å². The minimum Gasteiger partial charge on any atom is -0.356 e. The Morgan fingerprint density at radius 3 is 2.87 bits per heavy atom. The van der Waals surface area contributed by atoms with Gasteiger partial charge in [-0.15, -0.1) is 10.2 Å². The largest absolute Gasteiger partial charge is 0.356 e. The van der Waals surface area contributed by atoms with Crippen molar-refractivity contribution in [3.63, 3.8) is 0 Å². The maximum atomic E-state index is 5.81. The summed E-state index contributed by atoms with van der Waals surface area (Å²) in [7, 11) is 0. The summed E-state index contributed by atoms with van der Waals surface area (Å²) >= 11 is 1.54. The van der Waals surface area contributed by atoms with Crippen molar-refractivity contribution in [3.8, 4) is 0 Å². The van der Waals surface area contributed by atoms with Gasteiger partial charge in [0.2, 0.25) is 5.13 Å². The third kappa shape index (κ3) is 2.89. The molecule has 1 unspecified atom stereocenters. The average Bonchev–Trinajstić information content (AvgIpc) is 2.80. The quantitative estimate of drug-likeness (QED) is 0.822. The highest BCUT2D eigenvalue weighted by Gasteiger charge is 2.22. The maximum absolute atomic E-state index is 5.81. The minimum atomic E-state index is 0.373. The van der Waals surface area contributed by atoms with Crippen molar-refractivity contribution < 1.29 is 0 Å². The van der Waals surface area contributed by atoms with Gasteiger partial charge in [0.1, 0.15) is 5.51 Å². The highest BCUT2D eigenvalue weighted by Crippen LogP contribution is 2.28. The Bertz CT molecular complexity index is 269. The highest BCUT2D eigenvalue weighted by molar-refractivity contribution is 7.13. The van der Waals surface area contributed by atoms with Crippen molar-refractivity contribution in [1.29, 1.82) is 0 Å². The van der Waals surface area contributed by atoms with Crippen molar-refractivity contribution in [2.24, 2.45) is 11.7 Å². The van der Waals surface area contributed by atoms with E-state index in [1.165, 1.54) is 32.1 Å². The average molecular weight is 226 g/mol. The lowest BCUT2D eigenvalue weighted by Crippen LogP contribution is -2.37. The number of nitrogens with one attached hydrogen (secondary N) is 1. The molecule has 0 radical (unpaired) electrons. The SMILES string of the molecule is NCC(Nc1nncs1)C1CCCCC1. The molecular weight excluding hydrogens is 208 g/mol. The second-order valence-electron chi connectivity index (χ2n) is 4.13. The van der Waals surface area contributed by atoms with Crippen LogP contribution in [-0.4, -0.2) is 22.8 Å². The summed E-state index contributed by atoms with van der Waals surface area (Å²) in [4.78, 5) is 0. The molecule has 0 amide bonds. The molecule has 3 N–H and O–H groups in total. The van der Waals surface area contributed by atoms with E-state index >= 15 is 0 Å². The first-order chi connectivity index (χ1) is 7.40. The molecule has 2 rings (SSSR count). The number of anilines is 1. The van der Waals surface area contributed by atoms with Gasteiger partial charge in [-0.05, 0) is 18.8 Å². The van der Waals surface area contributed by atoms with Crippen molar-refractivity contribution >= 4 is 16.5 Å². The summed E-state index contributed by atoms with van der Waals surface area (Å²) in [6.07, 6.45) is 6.67. The zero-order valence-electron chi connectivity index (χ0n) is 8.85. The van der Waals surface area contributed by atoms with Crippen molar-refractivity contribution in [1.82, 2.24) is 10.2 Å². The Labute approximate surface area is 94.3 Å². The van der Waals surface area contributed by atoms with Gasteiger partial charge in [-0.1, -0.05) is 30.6 Å². The van der Waals surface area contributed by atoms with E-state index in [2.05, 4.69) is 15.5 Å².